The molecule has 0 radical (unpaired) electrons. The van der Waals surface area contributed by atoms with E-state index in [9.17, 15) is 14.7 Å². The molecule has 38 heavy (non-hydrogen) atoms. The van der Waals surface area contributed by atoms with Crippen LogP contribution in [-0.2, 0) is 14.3 Å². The molecule has 8 nitrogen and oxygen atoms in total. The number of rotatable bonds is 8. The maximum absolute atomic E-state index is 13.8. The highest BCUT2D eigenvalue weighted by Gasteiger charge is 2.41. The Hall–Kier alpha value is -3.94. The van der Waals surface area contributed by atoms with Gasteiger partial charge in [0.15, 0.2) is 28.8 Å². The molecular weight excluding hydrogens is 486 g/mol. The Morgan fingerprint density at radius 1 is 0.974 bits per heavy atom. The maximum Gasteiger partial charge on any atom is 0.336 e. The van der Waals surface area contributed by atoms with Gasteiger partial charge in [-0.1, -0.05) is 26.0 Å². The third kappa shape index (κ3) is 5.21. The summed E-state index contributed by atoms with van der Waals surface area (Å²) in [6.07, 6.45) is 0.836. The Morgan fingerprint density at radius 2 is 1.63 bits per heavy atom. The number of hydrogen-bond acceptors (Lipinski definition) is 8. The summed E-state index contributed by atoms with van der Waals surface area (Å²) in [5.41, 5.74) is 3.86. The number of phenolic OH excluding ortho intramolecular Hbond substituents is 1. The lowest BCUT2D eigenvalue weighted by Crippen LogP contribution is -2.36. The van der Waals surface area contributed by atoms with Gasteiger partial charge in [-0.25, -0.2) is 4.79 Å². The van der Waals surface area contributed by atoms with Crippen molar-refractivity contribution in [2.24, 2.45) is 5.92 Å². The zero-order chi connectivity index (χ0) is 27.6. The van der Waals surface area contributed by atoms with Gasteiger partial charge in [-0.2, -0.15) is 0 Å². The number of phenols is 1. The lowest BCUT2D eigenvalue weighted by molar-refractivity contribution is -0.140. The fourth-order valence-corrected chi connectivity index (χ4v) is 5.19. The molecule has 0 amide bonds. The maximum atomic E-state index is 13.8. The monoisotopic (exact) mass is 521 g/mol. The number of methoxy groups -OCH3 is 3. The van der Waals surface area contributed by atoms with Gasteiger partial charge < -0.3 is 29.4 Å². The Labute approximate surface area is 223 Å². The molecule has 0 bridgehead atoms. The van der Waals surface area contributed by atoms with E-state index in [0.29, 0.717) is 46.1 Å². The van der Waals surface area contributed by atoms with Crippen molar-refractivity contribution in [1.82, 2.24) is 5.32 Å². The van der Waals surface area contributed by atoms with Gasteiger partial charge >= 0.3 is 5.97 Å². The summed E-state index contributed by atoms with van der Waals surface area (Å²) in [5, 5.41) is 13.9. The Balaban J connectivity index is 1.77. The first-order valence-corrected chi connectivity index (χ1v) is 12.7. The number of carbonyl (C=O) groups excluding carboxylic acids is 2. The highest BCUT2D eigenvalue weighted by atomic mass is 16.5. The van der Waals surface area contributed by atoms with Crippen LogP contribution in [0.15, 0.2) is 58.9 Å². The number of ketones is 1. The van der Waals surface area contributed by atoms with Crippen molar-refractivity contribution in [3.63, 3.8) is 0 Å². The number of allylic oxidation sites excluding steroid dienone is 3. The number of Topliss-reactive ketones (excluding diaryl/α,β-unsaturated/α-hetero) is 1. The van der Waals surface area contributed by atoms with Crippen LogP contribution in [0.5, 0.6) is 23.0 Å². The molecule has 2 aromatic rings. The van der Waals surface area contributed by atoms with E-state index >= 15 is 0 Å². The predicted octanol–water partition coefficient (Wildman–Crippen LogP) is 4.98. The van der Waals surface area contributed by atoms with Gasteiger partial charge in [-0.05, 0) is 60.6 Å². The van der Waals surface area contributed by atoms with E-state index in [1.807, 2.05) is 39.0 Å². The number of esters is 1. The predicted molar refractivity (Wildman–Crippen MR) is 143 cm³/mol. The fourth-order valence-electron chi connectivity index (χ4n) is 5.19. The first-order chi connectivity index (χ1) is 18.2. The van der Waals surface area contributed by atoms with Crippen molar-refractivity contribution < 1.29 is 33.6 Å². The molecule has 1 aliphatic carbocycles. The molecule has 202 valence electrons. The van der Waals surface area contributed by atoms with E-state index < -0.39 is 11.9 Å². The van der Waals surface area contributed by atoms with E-state index in [4.69, 9.17) is 18.9 Å². The number of carbonyl (C=O) groups is 2. The average molecular weight is 522 g/mol. The molecule has 0 fully saturated rings. The van der Waals surface area contributed by atoms with Gasteiger partial charge in [0.1, 0.15) is 0 Å². The SMILES string of the molecule is COc1ccc(C2C(C(=O)OCC(C)C)=C(C)NC3=C2C(=O)CC(c2ccc(OC)c(OC)c2)C3)cc1O. The minimum absolute atomic E-state index is 0.0651. The highest BCUT2D eigenvalue weighted by molar-refractivity contribution is 6.04. The minimum Gasteiger partial charge on any atom is -0.504 e. The Bertz CT molecular complexity index is 1310. The van der Waals surface area contributed by atoms with Gasteiger partial charge in [0.25, 0.3) is 0 Å². The summed E-state index contributed by atoms with van der Waals surface area (Å²) < 4.78 is 21.7. The lowest BCUT2D eigenvalue weighted by Gasteiger charge is -2.37. The lowest BCUT2D eigenvalue weighted by atomic mass is 9.71. The quantitative estimate of drug-likeness (QED) is 0.469. The van der Waals surface area contributed by atoms with E-state index in [-0.39, 0.29) is 36.4 Å². The topological polar surface area (TPSA) is 103 Å². The van der Waals surface area contributed by atoms with E-state index in [1.165, 1.54) is 7.11 Å². The number of nitrogens with one attached hydrogen (secondary N) is 1. The third-order valence-electron chi connectivity index (χ3n) is 7.01. The largest absolute Gasteiger partial charge is 0.504 e. The first kappa shape index (κ1) is 27.1. The fraction of sp³-hybridized carbons (Fsp3) is 0.400. The van der Waals surface area contributed by atoms with E-state index in [0.717, 1.165) is 11.3 Å². The molecule has 0 saturated heterocycles. The normalized spacial score (nSPS) is 19.2. The smallest absolute Gasteiger partial charge is 0.336 e. The van der Waals surface area contributed by atoms with Crippen LogP contribution < -0.4 is 19.5 Å². The molecule has 2 unspecified atom stereocenters. The molecule has 1 aliphatic heterocycles. The molecule has 2 N–H and O–H groups in total. The molecule has 2 aromatic carbocycles. The Morgan fingerprint density at radius 3 is 2.26 bits per heavy atom. The van der Waals surface area contributed by atoms with Gasteiger partial charge in [-0.3, -0.25) is 4.79 Å². The van der Waals surface area contributed by atoms with Crippen molar-refractivity contribution in [3.8, 4) is 23.0 Å². The highest BCUT2D eigenvalue weighted by Crippen LogP contribution is 2.47. The number of ether oxygens (including phenoxy) is 4. The van der Waals surface area contributed by atoms with Gasteiger partial charge in [0, 0.05) is 29.3 Å². The second kappa shape index (κ2) is 11.2. The molecule has 0 spiro atoms. The van der Waals surface area contributed by atoms with E-state index in [1.54, 1.807) is 32.4 Å². The van der Waals surface area contributed by atoms with E-state index in [2.05, 4.69) is 5.32 Å². The van der Waals surface area contributed by atoms with Crippen molar-refractivity contribution in [2.75, 3.05) is 27.9 Å². The molecule has 4 rings (SSSR count). The number of benzene rings is 2. The summed E-state index contributed by atoms with van der Waals surface area (Å²) in [6.45, 7) is 6.01. The van der Waals surface area contributed by atoms with Crippen LogP contribution in [0.25, 0.3) is 0 Å². The molecule has 0 saturated carbocycles. The first-order valence-electron chi connectivity index (χ1n) is 12.7. The summed E-state index contributed by atoms with van der Waals surface area (Å²) in [4.78, 5) is 27.1. The molecule has 8 heteroatoms. The molecule has 1 heterocycles. The van der Waals surface area contributed by atoms with Crippen LogP contribution >= 0.6 is 0 Å². The zero-order valence-electron chi connectivity index (χ0n) is 22.7. The van der Waals surface area contributed by atoms with Crippen LogP contribution in [0.1, 0.15) is 56.6 Å². The van der Waals surface area contributed by atoms with Crippen molar-refractivity contribution in [3.05, 3.63) is 70.1 Å². The second-order valence-electron chi connectivity index (χ2n) is 10.1. The van der Waals surface area contributed by atoms with Crippen LogP contribution in [0.2, 0.25) is 0 Å². The number of aromatic hydroxyl groups is 1. The minimum atomic E-state index is -0.679. The third-order valence-corrected chi connectivity index (χ3v) is 7.01. The van der Waals surface area contributed by atoms with Crippen molar-refractivity contribution in [2.45, 2.75) is 45.4 Å². The summed E-state index contributed by atoms with van der Waals surface area (Å²) in [6, 6.07) is 10.7. The standard InChI is InChI=1S/C30H35NO7/c1-16(2)15-38-30(34)27-17(3)31-21-11-20(18-7-10-25(36-5)26(14-18)37-6)13-23(33)29(21)28(27)19-8-9-24(35-4)22(32)12-19/h7-10,12,14,16,20,28,31-32H,11,13,15H2,1-6H3. The van der Waals surface area contributed by atoms with Crippen LogP contribution in [0.4, 0.5) is 0 Å². The second-order valence-corrected chi connectivity index (χ2v) is 10.1. The molecule has 2 atom stereocenters. The van der Waals surface area contributed by atoms with Gasteiger partial charge in [0.2, 0.25) is 0 Å². The summed E-state index contributed by atoms with van der Waals surface area (Å²) >= 11 is 0. The summed E-state index contributed by atoms with van der Waals surface area (Å²) in [5.74, 6) is 0.319. The number of dihydropyridines is 1. The van der Waals surface area contributed by atoms with Crippen LogP contribution in [-0.4, -0.2) is 44.8 Å². The average Bonchev–Trinajstić information content (AvgIpc) is 2.90. The van der Waals surface area contributed by atoms with Crippen molar-refractivity contribution >= 4 is 11.8 Å². The van der Waals surface area contributed by atoms with Crippen molar-refractivity contribution in [1.29, 1.82) is 0 Å². The summed E-state index contributed by atoms with van der Waals surface area (Å²) in [7, 11) is 4.64. The number of hydrogen-bond donors (Lipinski definition) is 2. The molecule has 2 aliphatic rings. The van der Waals surface area contributed by atoms with Crippen LogP contribution in [0.3, 0.4) is 0 Å². The van der Waals surface area contributed by atoms with Gasteiger partial charge in [-0.15, -0.1) is 0 Å². The molecule has 0 aromatic heterocycles. The Kier molecular flexibility index (Phi) is 7.99. The molecular formula is C30H35NO7. The van der Waals surface area contributed by atoms with Gasteiger partial charge in [0.05, 0.1) is 33.5 Å². The zero-order valence-corrected chi connectivity index (χ0v) is 22.7. The van der Waals surface area contributed by atoms with Crippen LogP contribution in [0, 0.1) is 5.92 Å².